The third-order valence-corrected chi connectivity index (χ3v) is 4.18. The Labute approximate surface area is 158 Å². The third-order valence-electron chi connectivity index (χ3n) is 3.84. The first-order valence-corrected chi connectivity index (χ1v) is 8.44. The molecular weight excluding hydrogens is 370 g/mol. The van der Waals surface area contributed by atoms with E-state index in [0.717, 1.165) is 5.56 Å². The smallest absolute Gasteiger partial charge is 0.270 e. The minimum Gasteiger partial charge on any atom is -0.461 e. The zero-order chi connectivity index (χ0) is 18.8. The van der Waals surface area contributed by atoms with Crippen molar-refractivity contribution in [3.63, 3.8) is 0 Å². The summed E-state index contributed by atoms with van der Waals surface area (Å²) in [4.78, 5) is 24.8. The highest BCUT2D eigenvalue weighted by atomic mass is 35.5. The summed E-state index contributed by atoms with van der Waals surface area (Å²) >= 11 is 6.01. The van der Waals surface area contributed by atoms with Crippen LogP contribution in [0.25, 0.3) is 17.2 Å². The van der Waals surface area contributed by atoms with Gasteiger partial charge in [-0.25, -0.2) is 15.0 Å². The maximum atomic E-state index is 12.4. The van der Waals surface area contributed by atoms with E-state index in [2.05, 4.69) is 25.4 Å². The molecule has 4 rings (SSSR count). The maximum absolute atomic E-state index is 12.4. The summed E-state index contributed by atoms with van der Waals surface area (Å²) in [6.45, 7) is 0.376. The molecule has 9 nitrogen and oxygen atoms in total. The van der Waals surface area contributed by atoms with E-state index in [1.807, 2.05) is 6.07 Å². The van der Waals surface area contributed by atoms with Gasteiger partial charge >= 0.3 is 0 Å². The Kier molecular flexibility index (Phi) is 4.43. The number of fused-ring (bicyclic) bond motifs is 1. The Morgan fingerprint density at radius 1 is 1.30 bits per heavy atom. The molecule has 0 radical (unpaired) electrons. The average Bonchev–Trinajstić information content (AvgIpc) is 3.32. The summed E-state index contributed by atoms with van der Waals surface area (Å²) in [5.74, 6) is 0.541. The van der Waals surface area contributed by atoms with E-state index in [0.29, 0.717) is 35.4 Å². The van der Waals surface area contributed by atoms with Crippen molar-refractivity contribution < 1.29 is 9.21 Å². The molecule has 0 saturated heterocycles. The molecule has 1 amide bonds. The molecule has 27 heavy (non-hydrogen) atoms. The highest BCUT2D eigenvalue weighted by Gasteiger charge is 2.15. The van der Waals surface area contributed by atoms with Crippen LogP contribution in [0.15, 0.2) is 47.2 Å². The van der Waals surface area contributed by atoms with Crippen molar-refractivity contribution in [2.45, 2.75) is 6.42 Å². The number of rotatable bonds is 5. The fourth-order valence-corrected chi connectivity index (χ4v) is 2.76. The number of nitrogens with one attached hydrogen (secondary N) is 1. The SMILES string of the molecule is Nc1nc(C(=O)NCCc2cccnc2Cl)cc2nc(-c3ccco3)nn12. The summed E-state index contributed by atoms with van der Waals surface area (Å²) in [5, 5.41) is 7.44. The van der Waals surface area contributed by atoms with Gasteiger partial charge in [-0.05, 0) is 30.2 Å². The molecular formula is C17H14ClN7O2. The zero-order valence-electron chi connectivity index (χ0n) is 14.0. The van der Waals surface area contributed by atoms with Crippen LogP contribution in [0.1, 0.15) is 16.1 Å². The number of amides is 1. The second kappa shape index (κ2) is 7.04. The van der Waals surface area contributed by atoms with Crippen LogP contribution < -0.4 is 11.1 Å². The van der Waals surface area contributed by atoms with Crippen LogP contribution in [0.5, 0.6) is 0 Å². The summed E-state index contributed by atoms with van der Waals surface area (Å²) in [5.41, 5.74) is 7.31. The first-order chi connectivity index (χ1) is 13.1. The number of hydrogen-bond acceptors (Lipinski definition) is 7. The minimum absolute atomic E-state index is 0.0539. The average molecular weight is 384 g/mol. The van der Waals surface area contributed by atoms with Gasteiger partial charge in [0.15, 0.2) is 11.4 Å². The van der Waals surface area contributed by atoms with Crippen LogP contribution in [0.4, 0.5) is 5.95 Å². The van der Waals surface area contributed by atoms with E-state index in [-0.39, 0.29) is 17.5 Å². The molecule has 0 spiro atoms. The fraction of sp³-hybridized carbons (Fsp3) is 0.118. The lowest BCUT2D eigenvalue weighted by Gasteiger charge is -2.06. The molecule has 0 aliphatic rings. The van der Waals surface area contributed by atoms with Gasteiger partial charge < -0.3 is 15.5 Å². The van der Waals surface area contributed by atoms with Gasteiger partial charge in [-0.2, -0.15) is 4.52 Å². The molecule has 0 aliphatic heterocycles. The molecule has 136 valence electrons. The van der Waals surface area contributed by atoms with Gasteiger partial charge in [0.05, 0.1) is 6.26 Å². The van der Waals surface area contributed by atoms with Crippen LogP contribution in [0, 0.1) is 0 Å². The lowest BCUT2D eigenvalue weighted by molar-refractivity contribution is 0.0949. The van der Waals surface area contributed by atoms with E-state index in [1.54, 1.807) is 24.4 Å². The highest BCUT2D eigenvalue weighted by molar-refractivity contribution is 6.30. The number of anilines is 1. The first-order valence-electron chi connectivity index (χ1n) is 8.06. The van der Waals surface area contributed by atoms with Gasteiger partial charge in [-0.15, -0.1) is 5.10 Å². The standard InChI is InChI=1S/C17H14ClN7O2/c18-14-10(3-1-6-20-14)5-7-21-16(26)11-9-13-23-15(12-4-2-8-27-12)24-25(13)17(19)22-11/h1-4,6,8-9H,5,7H2,(H2,19,22)(H,21,26). The normalized spacial score (nSPS) is 11.0. The van der Waals surface area contributed by atoms with E-state index in [4.69, 9.17) is 21.8 Å². The molecule has 0 bridgehead atoms. The van der Waals surface area contributed by atoms with E-state index in [1.165, 1.54) is 16.8 Å². The molecule has 10 heteroatoms. The van der Waals surface area contributed by atoms with Crippen molar-refractivity contribution in [2.24, 2.45) is 0 Å². The van der Waals surface area contributed by atoms with Crippen molar-refractivity contribution in [2.75, 3.05) is 12.3 Å². The second-order valence-electron chi connectivity index (χ2n) is 5.64. The monoisotopic (exact) mass is 383 g/mol. The highest BCUT2D eigenvalue weighted by Crippen LogP contribution is 2.18. The largest absolute Gasteiger partial charge is 0.461 e. The summed E-state index contributed by atoms with van der Waals surface area (Å²) in [6, 6.07) is 8.63. The van der Waals surface area contributed by atoms with Crippen molar-refractivity contribution >= 4 is 29.1 Å². The summed E-state index contributed by atoms with van der Waals surface area (Å²) in [7, 11) is 0. The quantitative estimate of drug-likeness (QED) is 0.505. The molecule has 4 aromatic rings. The third kappa shape index (κ3) is 3.44. The number of hydrogen-bond donors (Lipinski definition) is 2. The first kappa shape index (κ1) is 17.0. The van der Waals surface area contributed by atoms with Crippen molar-refractivity contribution in [3.8, 4) is 11.6 Å². The maximum Gasteiger partial charge on any atom is 0.270 e. The predicted molar refractivity (Wildman–Crippen MR) is 98.2 cm³/mol. The number of carbonyl (C=O) groups excluding carboxylic acids is 1. The van der Waals surface area contributed by atoms with E-state index < -0.39 is 0 Å². The molecule has 3 N–H and O–H groups in total. The predicted octanol–water partition coefficient (Wildman–Crippen LogP) is 1.99. The Balaban J connectivity index is 1.51. The minimum atomic E-state index is -0.369. The number of nitrogens with two attached hydrogens (primary N) is 1. The van der Waals surface area contributed by atoms with Crippen molar-refractivity contribution in [1.82, 2.24) is 29.9 Å². The molecule has 0 saturated carbocycles. The fourth-order valence-electron chi connectivity index (χ4n) is 2.55. The van der Waals surface area contributed by atoms with Crippen LogP contribution in [-0.4, -0.2) is 37.0 Å². The van der Waals surface area contributed by atoms with Crippen molar-refractivity contribution in [3.05, 3.63) is 59.2 Å². The Morgan fingerprint density at radius 2 is 2.19 bits per heavy atom. The van der Waals surface area contributed by atoms with Gasteiger partial charge in [0.2, 0.25) is 11.8 Å². The number of aromatic nitrogens is 5. The summed E-state index contributed by atoms with van der Waals surface area (Å²) in [6.07, 6.45) is 3.68. The van der Waals surface area contributed by atoms with Crippen LogP contribution in [0.2, 0.25) is 5.15 Å². The van der Waals surface area contributed by atoms with Gasteiger partial charge in [-0.3, -0.25) is 4.79 Å². The Hall–Kier alpha value is -3.46. The molecule has 4 aromatic heterocycles. The molecule has 0 fully saturated rings. The number of nitrogens with zero attached hydrogens (tertiary/aromatic N) is 5. The van der Waals surface area contributed by atoms with E-state index in [9.17, 15) is 4.79 Å². The van der Waals surface area contributed by atoms with Gasteiger partial charge in [-0.1, -0.05) is 17.7 Å². The number of furan rings is 1. The van der Waals surface area contributed by atoms with Gasteiger partial charge in [0.1, 0.15) is 10.8 Å². The second-order valence-corrected chi connectivity index (χ2v) is 6.00. The number of pyridine rings is 1. The Morgan fingerprint density at radius 3 is 2.96 bits per heavy atom. The topological polar surface area (TPSA) is 124 Å². The molecule has 0 aromatic carbocycles. The van der Waals surface area contributed by atoms with Crippen LogP contribution in [0.3, 0.4) is 0 Å². The van der Waals surface area contributed by atoms with Gasteiger partial charge in [0.25, 0.3) is 5.91 Å². The number of nitrogen functional groups attached to an aromatic ring is 1. The molecule has 4 heterocycles. The van der Waals surface area contributed by atoms with Crippen LogP contribution in [-0.2, 0) is 6.42 Å². The molecule has 0 aliphatic carbocycles. The molecule has 0 unspecified atom stereocenters. The van der Waals surface area contributed by atoms with Gasteiger partial charge in [0, 0.05) is 18.8 Å². The van der Waals surface area contributed by atoms with Crippen molar-refractivity contribution in [1.29, 1.82) is 0 Å². The zero-order valence-corrected chi connectivity index (χ0v) is 14.7. The summed E-state index contributed by atoms with van der Waals surface area (Å²) < 4.78 is 6.63. The Bertz CT molecular complexity index is 1110. The van der Waals surface area contributed by atoms with Crippen LogP contribution >= 0.6 is 11.6 Å². The lowest BCUT2D eigenvalue weighted by Crippen LogP contribution is -2.27. The number of carbonyl (C=O) groups is 1. The lowest BCUT2D eigenvalue weighted by atomic mass is 10.2. The van der Waals surface area contributed by atoms with E-state index >= 15 is 0 Å². The number of halogens is 1. The molecule has 0 atom stereocenters.